The average molecular weight is 222 g/mol. The lowest BCUT2D eigenvalue weighted by Crippen LogP contribution is -1.97. The number of halogens is 2. The summed E-state index contributed by atoms with van der Waals surface area (Å²) in [4.78, 5) is 4.08. The van der Waals surface area contributed by atoms with Gasteiger partial charge in [-0.25, -0.2) is 13.8 Å². The molecule has 1 aliphatic carbocycles. The van der Waals surface area contributed by atoms with E-state index < -0.39 is 11.6 Å². The van der Waals surface area contributed by atoms with E-state index >= 15 is 0 Å². The fourth-order valence-corrected chi connectivity index (χ4v) is 1.96. The highest BCUT2D eigenvalue weighted by molar-refractivity contribution is 5.75. The maximum atomic E-state index is 13.1. The molecule has 84 valence electrons. The van der Waals surface area contributed by atoms with E-state index in [1.54, 1.807) is 6.33 Å². The number of benzene rings is 1. The van der Waals surface area contributed by atoms with E-state index in [2.05, 4.69) is 4.98 Å². The predicted octanol–water partition coefficient (Wildman–Crippen LogP) is 3.11. The van der Waals surface area contributed by atoms with Crippen LogP contribution in [0.3, 0.4) is 0 Å². The molecule has 3 rings (SSSR count). The summed E-state index contributed by atoms with van der Waals surface area (Å²) in [7, 11) is 0. The van der Waals surface area contributed by atoms with Gasteiger partial charge in [0.05, 0.1) is 17.4 Å². The van der Waals surface area contributed by atoms with Crippen LogP contribution in [0.15, 0.2) is 18.5 Å². The van der Waals surface area contributed by atoms with E-state index in [1.807, 2.05) is 4.57 Å². The summed E-state index contributed by atoms with van der Waals surface area (Å²) in [5, 5.41) is 0. The van der Waals surface area contributed by atoms with Crippen LogP contribution in [0.25, 0.3) is 11.0 Å². The molecule has 0 amide bonds. The SMILES string of the molecule is Fc1cc2ncn(CCC3CC3)c2cc1F. The normalized spacial score (nSPS) is 15.9. The molecule has 0 saturated heterocycles. The van der Waals surface area contributed by atoms with Gasteiger partial charge in [-0.05, 0) is 12.3 Å². The monoisotopic (exact) mass is 222 g/mol. The van der Waals surface area contributed by atoms with Gasteiger partial charge in [-0.2, -0.15) is 0 Å². The Kier molecular flexibility index (Phi) is 2.16. The summed E-state index contributed by atoms with van der Waals surface area (Å²) >= 11 is 0. The third kappa shape index (κ3) is 1.68. The molecule has 1 aliphatic rings. The van der Waals surface area contributed by atoms with Crippen LogP contribution in [0.5, 0.6) is 0 Å². The first kappa shape index (κ1) is 9.75. The van der Waals surface area contributed by atoms with Gasteiger partial charge >= 0.3 is 0 Å². The van der Waals surface area contributed by atoms with E-state index in [4.69, 9.17) is 0 Å². The van der Waals surface area contributed by atoms with Crippen molar-refractivity contribution in [2.24, 2.45) is 5.92 Å². The Labute approximate surface area is 91.9 Å². The first-order chi connectivity index (χ1) is 7.74. The Morgan fingerprint density at radius 1 is 1.25 bits per heavy atom. The van der Waals surface area contributed by atoms with Crippen LogP contribution >= 0.6 is 0 Å². The van der Waals surface area contributed by atoms with Gasteiger partial charge in [0.2, 0.25) is 0 Å². The number of hydrogen-bond donors (Lipinski definition) is 0. The van der Waals surface area contributed by atoms with Crippen molar-refractivity contribution in [3.8, 4) is 0 Å². The molecular formula is C12H12F2N2. The lowest BCUT2D eigenvalue weighted by molar-refractivity contribution is 0.510. The van der Waals surface area contributed by atoms with E-state index in [0.717, 1.165) is 24.9 Å². The first-order valence-corrected chi connectivity index (χ1v) is 5.54. The third-order valence-electron chi connectivity index (χ3n) is 3.14. The molecule has 1 heterocycles. The summed E-state index contributed by atoms with van der Waals surface area (Å²) in [5.41, 5.74) is 1.20. The van der Waals surface area contributed by atoms with Crippen LogP contribution in [0.1, 0.15) is 19.3 Å². The number of nitrogens with zero attached hydrogens (tertiary/aromatic N) is 2. The topological polar surface area (TPSA) is 17.8 Å². The van der Waals surface area contributed by atoms with Crippen molar-refractivity contribution in [3.63, 3.8) is 0 Å². The Morgan fingerprint density at radius 3 is 2.75 bits per heavy atom. The maximum absolute atomic E-state index is 13.1. The molecule has 16 heavy (non-hydrogen) atoms. The molecule has 0 bridgehead atoms. The molecule has 4 heteroatoms. The molecule has 0 radical (unpaired) electrons. The van der Waals surface area contributed by atoms with Gasteiger partial charge in [-0.3, -0.25) is 0 Å². The summed E-state index contributed by atoms with van der Waals surface area (Å²) in [6, 6.07) is 2.38. The Balaban J connectivity index is 1.94. The van der Waals surface area contributed by atoms with Crippen LogP contribution < -0.4 is 0 Å². The minimum absolute atomic E-state index is 0.523. The Bertz CT molecular complexity index is 529. The molecule has 1 saturated carbocycles. The van der Waals surface area contributed by atoms with Gasteiger partial charge in [0.25, 0.3) is 0 Å². The zero-order chi connectivity index (χ0) is 11.1. The summed E-state index contributed by atoms with van der Waals surface area (Å²) in [6.07, 6.45) is 5.36. The van der Waals surface area contributed by atoms with Crippen molar-refractivity contribution in [3.05, 3.63) is 30.1 Å². The summed E-state index contributed by atoms with van der Waals surface area (Å²) in [5.74, 6) is -0.816. The highest BCUT2D eigenvalue weighted by atomic mass is 19.2. The lowest BCUT2D eigenvalue weighted by Gasteiger charge is -2.03. The number of aromatic nitrogens is 2. The van der Waals surface area contributed by atoms with Crippen molar-refractivity contribution in [1.82, 2.24) is 9.55 Å². The molecule has 0 atom stereocenters. The second-order valence-electron chi connectivity index (χ2n) is 4.43. The zero-order valence-electron chi connectivity index (χ0n) is 8.79. The van der Waals surface area contributed by atoms with Gasteiger partial charge < -0.3 is 4.57 Å². The number of fused-ring (bicyclic) bond motifs is 1. The minimum Gasteiger partial charge on any atom is -0.330 e. The molecule has 0 unspecified atom stereocenters. The van der Waals surface area contributed by atoms with Crippen molar-refractivity contribution in [2.45, 2.75) is 25.8 Å². The van der Waals surface area contributed by atoms with Crippen LogP contribution in [0.2, 0.25) is 0 Å². The van der Waals surface area contributed by atoms with E-state index in [9.17, 15) is 8.78 Å². The van der Waals surface area contributed by atoms with Crippen LogP contribution in [-0.2, 0) is 6.54 Å². The summed E-state index contributed by atoms with van der Waals surface area (Å²) in [6.45, 7) is 0.840. The van der Waals surface area contributed by atoms with Crippen LogP contribution in [0, 0.1) is 17.6 Å². The van der Waals surface area contributed by atoms with Gasteiger partial charge in [0, 0.05) is 18.7 Å². The Hall–Kier alpha value is -1.45. The predicted molar refractivity (Wildman–Crippen MR) is 57.0 cm³/mol. The summed E-state index contributed by atoms with van der Waals surface area (Å²) < 4.78 is 28.0. The molecule has 0 aliphatic heterocycles. The number of imidazole rings is 1. The highest BCUT2D eigenvalue weighted by Crippen LogP contribution is 2.33. The minimum atomic E-state index is -0.833. The number of rotatable bonds is 3. The molecule has 2 nitrogen and oxygen atoms in total. The molecule has 0 spiro atoms. The van der Waals surface area contributed by atoms with Gasteiger partial charge in [0.1, 0.15) is 0 Å². The van der Waals surface area contributed by atoms with Crippen LogP contribution in [0.4, 0.5) is 8.78 Å². The van der Waals surface area contributed by atoms with Crippen molar-refractivity contribution in [1.29, 1.82) is 0 Å². The van der Waals surface area contributed by atoms with E-state index in [1.165, 1.54) is 18.9 Å². The molecular weight excluding hydrogens is 210 g/mol. The molecule has 0 N–H and O–H groups in total. The third-order valence-corrected chi connectivity index (χ3v) is 3.14. The quantitative estimate of drug-likeness (QED) is 0.780. The van der Waals surface area contributed by atoms with Gasteiger partial charge in [0.15, 0.2) is 11.6 Å². The lowest BCUT2D eigenvalue weighted by atomic mass is 10.2. The first-order valence-electron chi connectivity index (χ1n) is 5.54. The number of hydrogen-bond acceptors (Lipinski definition) is 1. The smallest absolute Gasteiger partial charge is 0.161 e. The highest BCUT2D eigenvalue weighted by Gasteiger charge is 2.21. The van der Waals surface area contributed by atoms with Crippen LogP contribution in [-0.4, -0.2) is 9.55 Å². The largest absolute Gasteiger partial charge is 0.330 e. The number of aryl methyl sites for hydroxylation is 1. The van der Waals surface area contributed by atoms with Gasteiger partial charge in [-0.15, -0.1) is 0 Å². The molecule has 2 aromatic rings. The Morgan fingerprint density at radius 2 is 2.00 bits per heavy atom. The fourth-order valence-electron chi connectivity index (χ4n) is 1.96. The maximum Gasteiger partial charge on any atom is 0.161 e. The second-order valence-corrected chi connectivity index (χ2v) is 4.43. The zero-order valence-corrected chi connectivity index (χ0v) is 8.79. The second kappa shape index (κ2) is 3.54. The van der Waals surface area contributed by atoms with E-state index in [0.29, 0.717) is 11.0 Å². The standard InChI is InChI=1S/C12H12F2N2/c13-9-5-11-12(6-10(9)14)16(7-15-11)4-3-8-1-2-8/h5-8H,1-4H2. The van der Waals surface area contributed by atoms with E-state index in [-0.39, 0.29) is 0 Å². The van der Waals surface area contributed by atoms with Crippen molar-refractivity contribution >= 4 is 11.0 Å². The molecule has 1 aromatic heterocycles. The van der Waals surface area contributed by atoms with Crippen molar-refractivity contribution < 1.29 is 8.78 Å². The fraction of sp³-hybridized carbons (Fsp3) is 0.417. The average Bonchev–Trinajstić information content (AvgIpc) is 3.01. The van der Waals surface area contributed by atoms with Crippen molar-refractivity contribution in [2.75, 3.05) is 0 Å². The van der Waals surface area contributed by atoms with Gasteiger partial charge in [-0.1, -0.05) is 12.8 Å². The molecule has 1 aromatic carbocycles. The molecule has 1 fully saturated rings.